The molecule has 0 saturated carbocycles. The summed E-state index contributed by atoms with van der Waals surface area (Å²) in [6.45, 7) is 3.82. The third-order valence-corrected chi connectivity index (χ3v) is 5.02. The molecule has 0 unspecified atom stereocenters. The molecule has 0 aliphatic carbocycles. The highest BCUT2D eigenvalue weighted by Crippen LogP contribution is 2.36. The van der Waals surface area contributed by atoms with Crippen LogP contribution >= 0.6 is 11.6 Å². The number of methoxy groups -OCH3 is 2. The standard InChI is InChI=1S/C21H25ClN2O4/c1-26-18-4-3-5-19(27-2)21(18)28-15-20(25)24-12-10-23(11-13-24)14-16-6-8-17(22)9-7-16/h3-9H,10-15H2,1-2H3. The van der Waals surface area contributed by atoms with Gasteiger partial charge in [0.2, 0.25) is 5.75 Å². The molecule has 1 fully saturated rings. The number of piperazine rings is 1. The molecule has 6 nitrogen and oxygen atoms in total. The van der Waals surface area contributed by atoms with E-state index in [0.717, 1.165) is 24.7 Å². The van der Waals surface area contributed by atoms with Crippen LogP contribution < -0.4 is 14.2 Å². The van der Waals surface area contributed by atoms with E-state index >= 15 is 0 Å². The number of hydrogen-bond acceptors (Lipinski definition) is 5. The number of halogens is 1. The SMILES string of the molecule is COc1cccc(OC)c1OCC(=O)N1CCN(Cc2ccc(Cl)cc2)CC1. The number of amides is 1. The number of ether oxygens (including phenoxy) is 3. The van der Waals surface area contributed by atoms with Gasteiger partial charge in [-0.25, -0.2) is 0 Å². The lowest BCUT2D eigenvalue weighted by Crippen LogP contribution is -2.49. The van der Waals surface area contributed by atoms with Crippen LogP contribution in [0.5, 0.6) is 17.2 Å². The summed E-state index contributed by atoms with van der Waals surface area (Å²) in [7, 11) is 3.12. The van der Waals surface area contributed by atoms with Crippen LogP contribution in [0.1, 0.15) is 5.56 Å². The molecule has 2 aromatic carbocycles. The van der Waals surface area contributed by atoms with E-state index in [2.05, 4.69) is 4.90 Å². The molecule has 1 aliphatic rings. The van der Waals surface area contributed by atoms with Crippen molar-refractivity contribution in [3.8, 4) is 17.2 Å². The largest absolute Gasteiger partial charge is 0.493 e. The van der Waals surface area contributed by atoms with Gasteiger partial charge in [0, 0.05) is 37.7 Å². The zero-order valence-electron chi connectivity index (χ0n) is 16.2. The molecule has 7 heteroatoms. The molecule has 2 aromatic rings. The molecule has 0 atom stereocenters. The number of rotatable bonds is 7. The fraction of sp³-hybridized carbons (Fsp3) is 0.381. The van der Waals surface area contributed by atoms with Crippen molar-refractivity contribution in [2.24, 2.45) is 0 Å². The van der Waals surface area contributed by atoms with Crippen LogP contribution in [0.3, 0.4) is 0 Å². The first kappa shape index (κ1) is 20.3. The second-order valence-corrected chi connectivity index (χ2v) is 7.00. The van der Waals surface area contributed by atoms with Crippen LogP contribution in [0.25, 0.3) is 0 Å². The van der Waals surface area contributed by atoms with Crippen molar-refractivity contribution >= 4 is 17.5 Å². The molecule has 0 bridgehead atoms. The highest BCUT2D eigenvalue weighted by atomic mass is 35.5. The van der Waals surface area contributed by atoms with Gasteiger partial charge in [0.15, 0.2) is 18.1 Å². The molecule has 1 amide bonds. The predicted molar refractivity (Wildman–Crippen MR) is 108 cm³/mol. The summed E-state index contributed by atoms with van der Waals surface area (Å²) in [4.78, 5) is 16.7. The average Bonchev–Trinajstić information content (AvgIpc) is 2.73. The summed E-state index contributed by atoms with van der Waals surface area (Å²) < 4.78 is 16.3. The van der Waals surface area contributed by atoms with Gasteiger partial charge >= 0.3 is 0 Å². The zero-order chi connectivity index (χ0) is 19.9. The normalized spacial score (nSPS) is 14.6. The molecule has 3 rings (SSSR count). The first-order chi connectivity index (χ1) is 13.6. The molecule has 150 valence electrons. The minimum Gasteiger partial charge on any atom is -0.493 e. The second-order valence-electron chi connectivity index (χ2n) is 6.56. The molecule has 1 aliphatic heterocycles. The quantitative estimate of drug-likeness (QED) is 0.709. The number of carbonyl (C=O) groups is 1. The summed E-state index contributed by atoms with van der Waals surface area (Å²) in [5, 5.41) is 0.742. The van der Waals surface area contributed by atoms with Gasteiger partial charge in [-0.1, -0.05) is 29.8 Å². The van der Waals surface area contributed by atoms with Crippen molar-refractivity contribution in [1.82, 2.24) is 9.80 Å². The number of carbonyl (C=O) groups excluding carboxylic acids is 1. The summed E-state index contributed by atoms with van der Waals surface area (Å²) >= 11 is 5.94. The Balaban J connectivity index is 1.50. The van der Waals surface area contributed by atoms with E-state index in [4.69, 9.17) is 25.8 Å². The van der Waals surface area contributed by atoms with Gasteiger partial charge in [-0.2, -0.15) is 0 Å². The fourth-order valence-electron chi connectivity index (χ4n) is 3.19. The van der Waals surface area contributed by atoms with Crippen molar-refractivity contribution in [2.45, 2.75) is 6.54 Å². The van der Waals surface area contributed by atoms with E-state index in [1.165, 1.54) is 5.56 Å². The molecule has 1 heterocycles. The third kappa shape index (κ3) is 5.09. The lowest BCUT2D eigenvalue weighted by Gasteiger charge is -2.34. The van der Waals surface area contributed by atoms with Crippen molar-refractivity contribution < 1.29 is 19.0 Å². The Bertz CT molecular complexity index is 767. The number of hydrogen-bond donors (Lipinski definition) is 0. The van der Waals surface area contributed by atoms with E-state index in [1.807, 2.05) is 35.2 Å². The van der Waals surface area contributed by atoms with Gasteiger partial charge < -0.3 is 19.1 Å². The maximum atomic E-state index is 12.6. The Hall–Kier alpha value is -2.44. The Morgan fingerprint density at radius 3 is 2.14 bits per heavy atom. The summed E-state index contributed by atoms with van der Waals surface area (Å²) in [5.41, 5.74) is 1.22. The van der Waals surface area contributed by atoms with Gasteiger partial charge in [-0.15, -0.1) is 0 Å². The molecule has 1 saturated heterocycles. The molecule has 0 N–H and O–H groups in total. The van der Waals surface area contributed by atoms with Gasteiger partial charge in [-0.3, -0.25) is 9.69 Å². The minimum absolute atomic E-state index is 0.0425. The molecule has 28 heavy (non-hydrogen) atoms. The highest BCUT2D eigenvalue weighted by molar-refractivity contribution is 6.30. The first-order valence-electron chi connectivity index (χ1n) is 9.19. The first-order valence-corrected chi connectivity index (χ1v) is 9.57. The van der Waals surface area contributed by atoms with Gasteiger partial charge in [0.05, 0.1) is 14.2 Å². The monoisotopic (exact) mass is 404 g/mol. The minimum atomic E-state index is -0.0477. The number of para-hydroxylation sites is 1. The van der Waals surface area contributed by atoms with E-state index < -0.39 is 0 Å². The maximum absolute atomic E-state index is 12.6. The van der Waals surface area contributed by atoms with Crippen LogP contribution in [0.4, 0.5) is 0 Å². The van der Waals surface area contributed by atoms with Crippen LogP contribution in [-0.2, 0) is 11.3 Å². The third-order valence-electron chi connectivity index (χ3n) is 4.77. The average molecular weight is 405 g/mol. The molecule has 0 aromatic heterocycles. The van der Waals surface area contributed by atoms with Crippen molar-refractivity contribution in [2.75, 3.05) is 47.0 Å². The van der Waals surface area contributed by atoms with Crippen LogP contribution in [0.2, 0.25) is 5.02 Å². The van der Waals surface area contributed by atoms with Crippen LogP contribution in [-0.4, -0.2) is 62.7 Å². The van der Waals surface area contributed by atoms with E-state index in [0.29, 0.717) is 30.3 Å². The van der Waals surface area contributed by atoms with Crippen LogP contribution in [0, 0.1) is 0 Å². The van der Waals surface area contributed by atoms with Crippen molar-refractivity contribution in [1.29, 1.82) is 0 Å². The van der Waals surface area contributed by atoms with Gasteiger partial charge in [-0.05, 0) is 29.8 Å². The molecule has 0 spiro atoms. The summed E-state index contributed by atoms with van der Waals surface area (Å²) in [5.74, 6) is 1.49. The van der Waals surface area contributed by atoms with E-state index in [-0.39, 0.29) is 12.5 Å². The van der Waals surface area contributed by atoms with Gasteiger partial charge in [0.25, 0.3) is 5.91 Å². The topological polar surface area (TPSA) is 51.2 Å². The zero-order valence-corrected chi connectivity index (χ0v) is 16.9. The predicted octanol–water partition coefficient (Wildman–Crippen LogP) is 3.08. The molecular formula is C21H25ClN2O4. The van der Waals surface area contributed by atoms with Crippen molar-refractivity contribution in [3.05, 3.63) is 53.1 Å². The highest BCUT2D eigenvalue weighted by Gasteiger charge is 2.22. The smallest absolute Gasteiger partial charge is 0.260 e. The van der Waals surface area contributed by atoms with E-state index in [9.17, 15) is 4.79 Å². The molecular weight excluding hydrogens is 380 g/mol. The Morgan fingerprint density at radius 1 is 0.964 bits per heavy atom. The number of nitrogens with zero attached hydrogens (tertiary/aromatic N) is 2. The summed E-state index contributed by atoms with van der Waals surface area (Å²) in [6.07, 6.45) is 0. The Kier molecular flexibility index (Phi) is 7.01. The summed E-state index contributed by atoms with van der Waals surface area (Å²) in [6, 6.07) is 13.2. The molecule has 0 radical (unpaired) electrons. The van der Waals surface area contributed by atoms with Crippen molar-refractivity contribution in [3.63, 3.8) is 0 Å². The van der Waals surface area contributed by atoms with E-state index in [1.54, 1.807) is 26.4 Å². The fourth-order valence-corrected chi connectivity index (χ4v) is 3.31. The van der Waals surface area contributed by atoms with Gasteiger partial charge in [0.1, 0.15) is 0 Å². The lowest BCUT2D eigenvalue weighted by molar-refractivity contribution is -0.135. The Labute approximate surface area is 170 Å². The van der Waals surface area contributed by atoms with Crippen LogP contribution in [0.15, 0.2) is 42.5 Å². The maximum Gasteiger partial charge on any atom is 0.260 e. The Morgan fingerprint density at radius 2 is 1.57 bits per heavy atom. The lowest BCUT2D eigenvalue weighted by atomic mass is 10.2. The second kappa shape index (κ2) is 9.66. The number of benzene rings is 2.